The minimum absolute atomic E-state index is 0.161. The van der Waals surface area contributed by atoms with E-state index in [9.17, 15) is 4.57 Å². The van der Waals surface area contributed by atoms with Crippen LogP contribution in [0.1, 0.15) is 0 Å². The molecular weight excluding hydrogens is 215 g/mol. The number of fused-ring (bicyclic) bond motifs is 1. The summed E-state index contributed by atoms with van der Waals surface area (Å²) in [6.45, 7) is -1.82. The molecule has 0 aromatic rings. The van der Waals surface area contributed by atoms with Gasteiger partial charge in [-0.15, -0.1) is 0 Å². The molecule has 3 saturated heterocycles. The Hall–Kier alpha value is -0.0100. The van der Waals surface area contributed by atoms with Crippen molar-refractivity contribution in [3.05, 3.63) is 0 Å². The van der Waals surface area contributed by atoms with Crippen molar-refractivity contribution in [1.29, 1.82) is 0 Å². The summed E-state index contributed by atoms with van der Waals surface area (Å²) in [5, 5.41) is 27.3. The molecule has 0 aromatic heterocycles. The maximum absolute atomic E-state index is 11.2. The molecule has 0 aliphatic carbocycles. The lowest BCUT2D eigenvalue weighted by atomic mass is 9.81. The van der Waals surface area contributed by atoms with E-state index in [2.05, 4.69) is 0 Å². The topological polar surface area (TPSA) is 105 Å². The van der Waals surface area contributed by atoms with Crippen LogP contribution in [-0.4, -0.2) is 47.5 Å². The summed E-state index contributed by atoms with van der Waals surface area (Å²) in [7, 11) is -3.43. The van der Waals surface area contributed by atoms with Crippen LogP contribution in [0, 0.1) is 5.41 Å². The molecule has 0 saturated carbocycles. The number of phosphoric ester groups is 1. The summed E-state index contributed by atoms with van der Waals surface area (Å²) in [5.74, 6) is -1.47. The van der Waals surface area contributed by atoms with Gasteiger partial charge in [-0.3, -0.25) is 4.52 Å². The zero-order valence-electron chi connectivity index (χ0n) is 7.25. The Balaban J connectivity index is 2.26. The van der Waals surface area contributed by atoms with Crippen LogP contribution in [-0.2, 0) is 18.1 Å². The Morgan fingerprint density at radius 1 is 1.21 bits per heavy atom. The van der Waals surface area contributed by atoms with Gasteiger partial charge >= 0.3 is 7.82 Å². The molecule has 0 aromatic carbocycles. The maximum atomic E-state index is 11.2. The molecule has 2 bridgehead atoms. The van der Waals surface area contributed by atoms with E-state index in [0.717, 1.165) is 0 Å². The molecule has 0 amide bonds. The number of aliphatic hydroxyl groups is 3. The molecule has 0 radical (unpaired) electrons. The summed E-state index contributed by atoms with van der Waals surface area (Å²) >= 11 is 0. The van der Waals surface area contributed by atoms with Gasteiger partial charge in [0.1, 0.15) is 6.61 Å². The summed E-state index contributed by atoms with van der Waals surface area (Å²) in [5.41, 5.74) is -1.39. The van der Waals surface area contributed by atoms with Crippen LogP contribution in [0.4, 0.5) is 0 Å². The second-order valence-electron chi connectivity index (χ2n) is 3.41. The van der Waals surface area contributed by atoms with Crippen molar-refractivity contribution >= 4 is 7.82 Å². The third kappa shape index (κ3) is 1.06. The quantitative estimate of drug-likeness (QED) is 0.518. The van der Waals surface area contributed by atoms with Crippen molar-refractivity contribution in [2.75, 3.05) is 26.4 Å². The van der Waals surface area contributed by atoms with Crippen LogP contribution in [0.15, 0.2) is 0 Å². The van der Waals surface area contributed by atoms with Gasteiger partial charge in [0.05, 0.1) is 25.2 Å². The number of aliphatic hydroxyl groups excluding tert-OH is 3. The van der Waals surface area contributed by atoms with Crippen molar-refractivity contribution in [2.24, 2.45) is 5.41 Å². The molecular formula is C6H11O7P. The number of phosphoric acid groups is 1. The number of hydrogen-bond donors (Lipinski definition) is 3. The molecule has 82 valence electrons. The van der Waals surface area contributed by atoms with Gasteiger partial charge in [0.15, 0.2) is 0 Å². The number of hydrogen-bond acceptors (Lipinski definition) is 7. The van der Waals surface area contributed by atoms with E-state index in [-0.39, 0.29) is 6.61 Å². The molecule has 3 N–H and O–H groups in total. The van der Waals surface area contributed by atoms with Crippen molar-refractivity contribution in [3.63, 3.8) is 0 Å². The van der Waals surface area contributed by atoms with Gasteiger partial charge in [-0.05, 0) is 0 Å². The minimum Gasteiger partial charge on any atom is -0.395 e. The molecule has 3 aliphatic heterocycles. The first-order valence-corrected chi connectivity index (χ1v) is 5.50. The highest BCUT2D eigenvalue weighted by atomic mass is 31.2. The average molecular weight is 226 g/mol. The van der Waals surface area contributed by atoms with Gasteiger partial charge in [-0.2, -0.15) is 0 Å². The Morgan fingerprint density at radius 3 is 2.00 bits per heavy atom. The lowest BCUT2D eigenvalue weighted by molar-refractivity contribution is -0.270. The molecule has 3 fully saturated rings. The van der Waals surface area contributed by atoms with Gasteiger partial charge in [0.2, 0.25) is 5.79 Å². The lowest BCUT2D eigenvalue weighted by Crippen LogP contribution is -2.60. The fourth-order valence-electron chi connectivity index (χ4n) is 1.50. The van der Waals surface area contributed by atoms with E-state index in [1.165, 1.54) is 0 Å². The third-order valence-corrected chi connectivity index (χ3v) is 4.13. The van der Waals surface area contributed by atoms with Crippen LogP contribution in [0.2, 0.25) is 0 Å². The van der Waals surface area contributed by atoms with Gasteiger partial charge in [-0.1, -0.05) is 0 Å². The summed E-state index contributed by atoms with van der Waals surface area (Å²) in [6.07, 6.45) is 0. The largest absolute Gasteiger partial charge is 0.480 e. The molecule has 0 spiro atoms. The van der Waals surface area contributed by atoms with Crippen LogP contribution in [0.3, 0.4) is 0 Å². The molecule has 0 atom stereocenters. The van der Waals surface area contributed by atoms with Crippen LogP contribution in [0.5, 0.6) is 0 Å². The molecule has 14 heavy (non-hydrogen) atoms. The fraction of sp³-hybridized carbons (Fsp3) is 1.00. The lowest BCUT2D eigenvalue weighted by Gasteiger charge is -2.46. The first kappa shape index (κ1) is 10.5. The molecule has 8 heteroatoms. The Labute approximate surface area is 79.8 Å². The first-order valence-electron chi connectivity index (χ1n) is 4.04. The highest BCUT2D eigenvalue weighted by Gasteiger charge is 2.73. The fourth-order valence-corrected chi connectivity index (χ4v) is 3.16. The van der Waals surface area contributed by atoms with Crippen molar-refractivity contribution in [2.45, 2.75) is 5.79 Å². The van der Waals surface area contributed by atoms with Crippen LogP contribution >= 0.6 is 7.82 Å². The predicted octanol–water partition coefficient (Wildman–Crippen LogP) is -1.17. The third-order valence-electron chi connectivity index (χ3n) is 2.65. The highest BCUT2D eigenvalue weighted by Crippen LogP contribution is 2.75. The van der Waals surface area contributed by atoms with Gasteiger partial charge in [0, 0.05) is 0 Å². The molecule has 3 aliphatic rings. The average Bonchev–Trinajstić information content (AvgIpc) is 2.63. The molecule has 3 rings (SSSR count). The van der Waals surface area contributed by atoms with E-state index >= 15 is 0 Å². The number of rotatable bonds is 4. The monoisotopic (exact) mass is 226 g/mol. The molecule has 7 nitrogen and oxygen atoms in total. The Bertz CT molecular complexity index is 268. The summed E-state index contributed by atoms with van der Waals surface area (Å²) in [4.78, 5) is 0. The van der Waals surface area contributed by atoms with Crippen LogP contribution < -0.4 is 0 Å². The first-order chi connectivity index (χ1) is 6.55. The Kier molecular flexibility index (Phi) is 2.24. The van der Waals surface area contributed by atoms with Gasteiger partial charge in [-0.25, -0.2) is 13.6 Å². The maximum Gasteiger partial charge on any atom is 0.480 e. The Morgan fingerprint density at radius 2 is 1.71 bits per heavy atom. The smallest absolute Gasteiger partial charge is 0.395 e. The molecule has 0 unspecified atom stereocenters. The second-order valence-corrected chi connectivity index (χ2v) is 4.93. The van der Waals surface area contributed by atoms with E-state index < -0.39 is 38.8 Å². The summed E-state index contributed by atoms with van der Waals surface area (Å²) in [6, 6.07) is 0. The van der Waals surface area contributed by atoms with E-state index in [1.807, 2.05) is 0 Å². The zero-order chi connectivity index (χ0) is 10.4. The minimum atomic E-state index is -3.43. The second kappa shape index (κ2) is 2.99. The predicted molar refractivity (Wildman–Crippen MR) is 42.1 cm³/mol. The van der Waals surface area contributed by atoms with Gasteiger partial charge in [0.25, 0.3) is 0 Å². The van der Waals surface area contributed by atoms with Crippen molar-refractivity contribution in [3.8, 4) is 0 Å². The SMILES string of the molecule is O=P12OCC(C(CO)(CO)CO)(O1)O2. The normalized spacial score (nSPS) is 41.1. The highest BCUT2D eigenvalue weighted by molar-refractivity contribution is 7.50. The standard InChI is InChI=1S/C6H11O7P/c7-1-5(2-8,3-9)6-4-11-14(10,12-6)13-6/h7-9H,1-4H2. The van der Waals surface area contributed by atoms with Crippen LogP contribution in [0.25, 0.3) is 0 Å². The van der Waals surface area contributed by atoms with E-state index in [1.54, 1.807) is 0 Å². The van der Waals surface area contributed by atoms with Gasteiger partial charge < -0.3 is 15.3 Å². The van der Waals surface area contributed by atoms with E-state index in [4.69, 9.17) is 28.9 Å². The van der Waals surface area contributed by atoms with Crippen molar-refractivity contribution < 1.29 is 33.5 Å². The molecule has 3 heterocycles. The summed E-state index contributed by atoms with van der Waals surface area (Å²) < 4.78 is 25.7. The van der Waals surface area contributed by atoms with Crippen molar-refractivity contribution in [1.82, 2.24) is 0 Å². The van der Waals surface area contributed by atoms with E-state index in [0.29, 0.717) is 0 Å². The zero-order valence-corrected chi connectivity index (χ0v) is 8.14.